The highest BCUT2D eigenvalue weighted by atomic mass is 19.4. The molecular weight excluding hydrogens is 201 g/mol. The van der Waals surface area contributed by atoms with E-state index in [1.54, 1.807) is 0 Å². The van der Waals surface area contributed by atoms with Crippen molar-refractivity contribution < 1.29 is 22.7 Å². The Morgan fingerprint density at radius 3 is 2.50 bits per heavy atom. The summed E-state index contributed by atoms with van der Waals surface area (Å²) < 4.78 is 37.8. The van der Waals surface area contributed by atoms with Gasteiger partial charge in [0.2, 0.25) is 5.91 Å². The molecule has 0 bridgehead atoms. The summed E-state index contributed by atoms with van der Waals surface area (Å²) in [6.07, 6.45) is -3.83. The number of nitrogens with two attached hydrogens (primary N) is 1. The Balaban J connectivity index is 3.11. The van der Waals surface area contributed by atoms with E-state index in [1.165, 1.54) is 0 Å². The molecule has 0 aromatic carbocycles. The molecule has 3 N–H and O–H groups in total. The molecule has 0 aliphatic carbocycles. The first kappa shape index (κ1) is 13.2. The average Bonchev–Trinajstić information content (AvgIpc) is 2.00. The molecule has 0 saturated heterocycles. The van der Waals surface area contributed by atoms with Crippen LogP contribution < -0.4 is 11.1 Å². The van der Waals surface area contributed by atoms with Gasteiger partial charge in [0, 0.05) is 13.0 Å². The number of ether oxygens (including phenoxy) is 1. The molecule has 0 spiro atoms. The van der Waals surface area contributed by atoms with E-state index >= 15 is 0 Å². The highest BCUT2D eigenvalue weighted by Crippen LogP contribution is 2.14. The van der Waals surface area contributed by atoms with Crippen molar-refractivity contribution in [3.63, 3.8) is 0 Å². The van der Waals surface area contributed by atoms with E-state index in [1.807, 2.05) is 0 Å². The van der Waals surface area contributed by atoms with Crippen LogP contribution in [0.4, 0.5) is 13.2 Å². The smallest absolute Gasteiger partial charge is 0.370 e. The van der Waals surface area contributed by atoms with Gasteiger partial charge in [-0.05, 0) is 13.0 Å². The Kier molecular flexibility index (Phi) is 6.22. The molecule has 0 heterocycles. The van der Waals surface area contributed by atoms with E-state index in [0.29, 0.717) is 13.0 Å². The maximum Gasteiger partial charge on any atom is 0.522 e. The minimum atomic E-state index is -4.57. The van der Waals surface area contributed by atoms with Crippen LogP contribution in [0.2, 0.25) is 0 Å². The molecule has 0 radical (unpaired) electrons. The molecule has 84 valence electrons. The summed E-state index contributed by atoms with van der Waals surface area (Å²) in [7, 11) is 0. The van der Waals surface area contributed by atoms with Gasteiger partial charge in [-0.1, -0.05) is 0 Å². The molecule has 0 rings (SSSR count). The Labute approximate surface area is 79.6 Å². The first-order valence-electron chi connectivity index (χ1n) is 4.11. The monoisotopic (exact) mass is 214 g/mol. The Bertz CT molecular complexity index is 173. The lowest BCUT2D eigenvalue weighted by Gasteiger charge is -2.07. The van der Waals surface area contributed by atoms with Crippen molar-refractivity contribution in [2.24, 2.45) is 5.73 Å². The maximum atomic E-state index is 11.4. The normalized spacial score (nSPS) is 11.6. The first-order valence-corrected chi connectivity index (χ1v) is 4.11. The third-order valence-electron chi connectivity index (χ3n) is 1.32. The molecule has 0 aromatic rings. The summed E-state index contributed by atoms with van der Waals surface area (Å²) in [4.78, 5) is 10.2. The van der Waals surface area contributed by atoms with Crippen LogP contribution in [0.5, 0.6) is 0 Å². The number of rotatable bonds is 7. The number of alkyl halides is 3. The maximum absolute atomic E-state index is 11.4. The van der Waals surface area contributed by atoms with Crippen LogP contribution in [0.1, 0.15) is 12.8 Å². The van der Waals surface area contributed by atoms with Crippen molar-refractivity contribution in [2.75, 3.05) is 19.7 Å². The van der Waals surface area contributed by atoms with Gasteiger partial charge in [-0.3, -0.25) is 9.53 Å². The summed E-state index contributed by atoms with van der Waals surface area (Å²) in [5, 5.41) is 2.68. The molecule has 0 unspecified atom stereocenters. The fourth-order valence-electron chi connectivity index (χ4n) is 0.752. The minimum absolute atomic E-state index is 0.0955. The lowest BCUT2D eigenvalue weighted by molar-refractivity contribution is -0.323. The quantitative estimate of drug-likeness (QED) is 0.602. The number of nitrogens with one attached hydrogen (secondary N) is 1. The Morgan fingerprint density at radius 1 is 1.36 bits per heavy atom. The van der Waals surface area contributed by atoms with Crippen LogP contribution in [0.15, 0.2) is 0 Å². The number of carbonyl (C=O) groups excluding carboxylic acids is 1. The molecule has 7 heteroatoms. The molecule has 0 aromatic heterocycles. The zero-order valence-electron chi connectivity index (χ0n) is 7.56. The Morgan fingerprint density at radius 2 is 2.00 bits per heavy atom. The molecule has 0 fully saturated rings. The van der Waals surface area contributed by atoms with Crippen LogP contribution in [-0.2, 0) is 9.53 Å². The number of halogens is 3. The van der Waals surface area contributed by atoms with Gasteiger partial charge in [-0.15, -0.1) is 13.2 Å². The molecule has 0 aliphatic heterocycles. The van der Waals surface area contributed by atoms with Gasteiger partial charge in [0.1, 0.15) is 0 Å². The standard InChI is InChI=1S/C7H13F3N2O2/c8-7(9,10)14-5-4-12-3-1-2-6(11)13/h12H,1-5H2,(H2,11,13). The van der Waals surface area contributed by atoms with Gasteiger partial charge < -0.3 is 11.1 Å². The summed E-state index contributed by atoms with van der Waals surface area (Å²) in [5.41, 5.74) is 4.85. The van der Waals surface area contributed by atoms with Gasteiger partial charge in [0.15, 0.2) is 0 Å². The van der Waals surface area contributed by atoms with Gasteiger partial charge in [0.05, 0.1) is 6.61 Å². The van der Waals surface area contributed by atoms with Gasteiger partial charge >= 0.3 is 6.36 Å². The van der Waals surface area contributed by atoms with Gasteiger partial charge in [0.25, 0.3) is 0 Å². The molecule has 0 atom stereocenters. The van der Waals surface area contributed by atoms with Crippen molar-refractivity contribution >= 4 is 5.91 Å². The number of hydrogen-bond donors (Lipinski definition) is 2. The van der Waals surface area contributed by atoms with Gasteiger partial charge in [-0.25, -0.2) is 0 Å². The second-order valence-corrected chi connectivity index (χ2v) is 2.61. The summed E-state index contributed by atoms with van der Waals surface area (Å²) >= 11 is 0. The van der Waals surface area contributed by atoms with Crippen LogP contribution in [0.3, 0.4) is 0 Å². The minimum Gasteiger partial charge on any atom is -0.370 e. The number of primary amides is 1. The van der Waals surface area contributed by atoms with Crippen molar-refractivity contribution in [3.8, 4) is 0 Å². The summed E-state index contributed by atoms with van der Waals surface area (Å²) in [6.45, 7) is 0.114. The average molecular weight is 214 g/mol. The summed E-state index contributed by atoms with van der Waals surface area (Å²) in [5.74, 6) is -0.418. The summed E-state index contributed by atoms with van der Waals surface area (Å²) in [6, 6.07) is 0. The van der Waals surface area contributed by atoms with Crippen LogP contribution in [-0.4, -0.2) is 32.0 Å². The van der Waals surface area contributed by atoms with Crippen molar-refractivity contribution in [1.82, 2.24) is 5.32 Å². The zero-order valence-corrected chi connectivity index (χ0v) is 7.56. The van der Waals surface area contributed by atoms with E-state index in [2.05, 4.69) is 10.1 Å². The van der Waals surface area contributed by atoms with E-state index < -0.39 is 18.9 Å². The Hall–Kier alpha value is -0.820. The van der Waals surface area contributed by atoms with E-state index in [9.17, 15) is 18.0 Å². The fourth-order valence-corrected chi connectivity index (χ4v) is 0.752. The second kappa shape index (κ2) is 6.61. The SMILES string of the molecule is NC(=O)CCCNCCOC(F)(F)F. The molecule has 1 amide bonds. The lowest BCUT2D eigenvalue weighted by Crippen LogP contribution is -2.25. The van der Waals surface area contributed by atoms with E-state index in [0.717, 1.165) is 0 Å². The second-order valence-electron chi connectivity index (χ2n) is 2.61. The highest BCUT2D eigenvalue weighted by molar-refractivity contribution is 5.73. The lowest BCUT2D eigenvalue weighted by atomic mass is 10.3. The van der Waals surface area contributed by atoms with Crippen LogP contribution in [0, 0.1) is 0 Å². The zero-order chi connectivity index (χ0) is 11.0. The van der Waals surface area contributed by atoms with Crippen LogP contribution >= 0.6 is 0 Å². The van der Waals surface area contributed by atoms with Crippen molar-refractivity contribution in [1.29, 1.82) is 0 Å². The highest BCUT2D eigenvalue weighted by Gasteiger charge is 2.28. The number of carbonyl (C=O) groups is 1. The fraction of sp³-hybridized carbons (Fsp3) is 0.857. The predicted octanol–water partition coefficient (Wildman–Crippen LogP) is 0.378. The topological polar surface area (TPSA) is 64.4 Å². The van der Waals surface area contributed by atoms with Crippen molar-refractivity contribution in [2.45, 2.75) is 19.2 Å². The molecule has 14 heavy (non-hydrogen) atoms. The molecule has 0 aliphatic rings. The first-order chi connectivity index (χ1) is 6.42. The molecule has 0 saturated carbocycles. The van der Waals surface area contributed by atoms with Crippen molar-refractivity contribution in [3.05, 3.63) is 0 Å². The third kappa shape index (κ3) is 11.2. The number of hydrogen-bond acceptors (Lipinski definition) is 3. The third-order valence-corrected chi connectivity index (χ3v) is 1.32. The predicted molar refractivity (Wildman–Crippen MR) is 43.3 cm³/mol. The molecular formula is C7H13F3N2O2. The van der Waals surface area contributed by atoms with Gasteiger partial charge in [-0.2, -0.15) is 0 Å². The number of amides is 1. The largest absolute Gasteiger partial charge is 0.522 e. The van der Waals surface area contributed by atoms with Crippen LogP contribution in [0.25, 0.3) is 0 Å². The van der Waals surface area contributed by atoms with E-state index in [-0.39, 0.29) is 13.0 Å². The van der Waals surface area contributed by atoms with E-state index in [4.69, 9.17) is 5.73 Å². The molecule has 4 nitrogen and oxygen atoms in total.